The number of aryl methyl sites for hydroxylation is 1. The third kappa shape index (κ3) is 5.39. The first-order valence-electron chi connectivity index (χ1n) is 9.95. The maximum Gasteiger partial charge on any atom is 0.261 e. The van der Waals surface area contributed by atoms with Crippen molar-refractivity contribution in [1.29, 1.82) is 0 Å². The highest BCUT2D eigenvalue weighted by molar-refractivity contribution is 7.92. The molecule has 4 aromatic rings. The number of nitrogens with zero attached hydrogens (tertiary/aromatic N) is 1. The summed E-state index contributed by atoms with van der Waals surface area (Å²) >= 11 is 1.32. The Bertz CT molecular complexity index is 1380. The number of ether oxygens (including phenoxy) is 1. The monoisotopic (exact) mass is 479 g/mol. The average molecular weight is 480 g/mol. The summed E-state index contributed by atoms with van der Waals surface area (Å²) in [6, 6.07) is 20.3. The minimum Gasteiger partial charge on any atom is -0.497 e. The van der Waals surface area contributed by atoms with Crippen LogP contribution in [0.2, 0.25) is 0 Å². The lowest BCUT2D eigenvalue weighted by atomic mass is 10.1. The number of carbonyl (C=O) groups is 1. The van der Waals surface area contributed by atoms with Gasteiger partial charge >= 0.3 is 0 Å². The van der Waals surface area contributed by atoms with Gasteiger partial charge in [-0.25, -0.2) is 13.4 Å². The number of carbonyl (C=O) groups excluding carboxylic acids is 1. The van der Waals surface area contributed by atoms with Gasteiger partial charge in [0.2, 0.25) is 0 Å². The maximum atomic E-state index is 12.7. The van der Waals surface area contributed by atoms with Crippen LogP contribution in [0.4, 0.5) is 10.8 Å². The molecule has 0 spiro atoms. The van der Waals surface area contributed by atoms with Gasteiger partial charge in [0, 0.05) is 22.2 Å². The number of nitrogens with one attached hydrogen (secondary N) is 2. The summed E-state index contributed by atoms with van der Waals surface area (Å²) in [6.07, 6.45) is 0. The molecule has 3 aromatic carbocycles. The molecule has 0 aliphatic carbocycles. The number of benzene rings is 3. The molecule has 33 heavy (non-hydrogen) atoms. The number of aromatic nitrogens is 1. The van der Waals surface area contributed by atoms with Crippen LogP contribution in [0.15, 0.2) is 83.1 Å². The fourth-order valence-corrected chi connectivity index (χ4v) is 4.81. The molecule has 0 aliphatic heterocycles. The minimum atomic E-state index is -3.82. The standard InChI is InChI=1S/C24H21N3O4S2/c1-16-6-8-17(9-7-16)22-15-32-24(25-22)26-23(28)18-4-3-5-19(14-18)27-33(29,30)21-12-10-20(31-2)11-13-21/h3-15,27H,1-2H3,(H,25,26,28). The lowest BCUT2D eigenvalue weighted by Crippen LogP contribution is -2.15. The number of hydrogen-bond donors (Lipinski definition) is 2. The number of rotatable bonds is 7. The molecule has 4 rings (SSSR count). The summed E-state index contributed by atoms with van der Waals surface area (Å²) in [5.41, 5.74) is 3.48. The predicted molar refractivity (Wildman–Crippen MR) is 130 cm³/mol. The molecular formula is C24H21N3O4S2. The largest absolute Gasteiger partial charge is 0.497 e. The summed E-state index contributed by atoms with van der Waals surface area (Å²) in [4.78, 5) is 17.3. The average Bonchev–Trinajstić information content (AvgIpc) is 3.28. The van der Waals surface area contributed by atoms with E-state index in [2.05, 4.69) is 15.0 Å². The van der Waals surface area contributed by atoms with Crippen LogP contribution >= 0.6 is 11.3 Å². The zero-order valence-electron chi connectivity index (χ0n) is 17.9. The highest BCUT2D eigenvalue weighted by Crippen LogP contribution is 2.26. The molecule has 0 fully saturated rings. The van der Waals surface area contributed by atoms with E-state index in [9.17, 15) is 13.2 Å². The molecule has 0 radical (unpaired) electrons. The Hall–Kier alpha value is -3.69. The highest BCUT2D eigenvalue weighted by atomic mass is 32.2. The van der Waals surface area contributed by atoms with Gasteiger partial charge in [-0.05, 0) is 49.4 Å². The number of amides is 1. The van der Waals surface area contributed by atoms with E-state index in [0.29, 0.717) is 16.4 Å². The first-order chi connectivity index (χ1) is 15.8. The molecule has 2 N–H and O–H groups in total. The quantitative estimate of drug-likeness (QED) is 0.381. The van der Waals surface area contributed by atoms with Crippen molar-refractivity contribution >= 4 is 38.1 Å². The van der Waals surface area contributed by atoms with Crippen LogP contribution in [-0.4, -0.2) is 26.4 Å². The van der Waals surface area contributed by atoms with E-state index in [-0.39, 0.29) is 16.5 Å². The summed E-state index contributed by atoms with van der Waals surface area (Å²) in [5.74, 6) is 0.172. The molecule has 168 valence electrons. The third-order valence-corrected chi connectivity index (χ3v) is 6.97. The summed E-state index contributed by atoms with van der Waals surface area (Å²) in [6.45, 7) is 2.02. The highest BCUT2D eigenvalue weighted by Gasteiger charge is 2.16. The van der Waals surface area contributed by atoms with Gasteiger partial charge in [-0.15, -0.1) is 11.3 Å². The van der Waals surface area contributed by atoms with Gasteiger partial charge in [-0.3, -0.25) is 14.8 Å². The Kier molecular flexibility index (Phi) is 6.43. The first kappa shape index (κ1) is 22.5. The third-order valence-electron chi connectivity index (χ3n) is 4.82. The molecule has 0 aliphatic rings. The second-order valence-corrected chi connectivity index (χ2v) is 9.76. The minimum absolute atomic E-state index is 0.0876. The van der Waals surface area contributed by atoms with E-state index >= 15 is 0 Å². The smallest absolute Gasteiger partial charge is 0.261 e. The SMILES string of the molecule is COc1ccc(S(=O)(=O)Nc2cccc(C(=O)Nc3nc(-c4ccc(C)cc4)cs3)c2)cc1. The molecule has 1 heterocycles. The normalized spacial score (nSPS) is 11.1. The Balaban J connectivity index is 1.47. The Labute approximate surface area is 196 Å². The molecule has 7 nitrogen and oxygen atoms in total. The Morgan fingerprint density at radius 2 is 1.73 bits per heavy atom. The number of hydrogen-bond acceptors (Lipinski definition) is 6. The van der Waals surface area contributed by atoms with Crippen LogP contribution < -0.4 is 14.8 Å². The molecule has 0 saturated carbocycles. The second-order valence-electron chi connectivity index (χ2n) is 7.22. The summed E-state index contributed by atoms with van der Waals surface area (Å²) in [5, 5.41) is 5.10. The van der Waals surface area contributed by atoms with Gasteiger partial charge < -0.3 is 4.74 Å². The van der Waals surface area contributed by atoms with E-state index in [1.54, 1.807) is 30.3 Å². The van der Waals surface area contributed by atoms with E-state index in [4.69, 9.17) is 4.74 Å². The Morgan fingerprint density at radius 3 is 2.42 bits per heavy atom. The van der Waals surface area contributed by atoms with E-state index < -0.39 is 10.0 Å². The maximum absolute atomic E-state index is 12.7. The molecule has 1 amide bonds. The molecule has 9 heteroatoms. The van der Waals surface area contributed by atoms with Crippen molar-refractivity contribution in [3.8, 4) is 17.0 Å². The van der Waals surface area contributed by atoms with Crippen LogP contribution in [-0.2, 0) is 10.0 Å². The molecule has 1 aromatic heterocycles. The van der Waals surface area contributed by atoms with Gasteiger partial charge in [0.15, 0.2) is 5.13 Å². The van der Waals surface area contributed by atoms with Crippen molar-refractivity contribution in [2.75, 3.05) is 17.1 Å². The number of sulfonamides is 1. The lowest BCUT2D eigenvalue weighted by Gasteiger charge is -2.10. The van der Waals surface area contributed by atoms with Crippen molar-refractivity contribution in [1.82, 2.24) is 4.98 Å². The fourth-order valence-electron chi connectivity index (χ4n) is 3.05. The van der Waals surface area contributed by atoms with Crippen molar-refractivity contribution in [2.45, 2.75) is 11.8 Å². The van der Waals surface area contributed by atoms with E-state index in [0.717, 1.165) is 16.8 Å². The van der Waals surface area contributed by atoms with Gasteiger partial charge in [0.25, 0.3) is 15.9 Å². The van der Waals surface area contributed by atoms with Crippen molar-refractivity contribution < 1.29 is 17.9 Å². The number of anilines is 2. The van der Waals surface area contributed by atoms with Crippen molar-refractivity contribution in [3.05, 3.63) is 89.3 Å². The molecule has 0 atom stereocenters. The van der Waals surface area contributed by atoms with Gasteiger partial charge in [0.1, 0.15) is 5.75 Å². The van der Waals surface area contributed by atoms with Crippen molar-refractivity contribution in [3.63, 3.8) is 0 Å². The predicted octanol–water partition coefficient (Wildman–Crippen LogP) is 5.18. The fraction of sp³-hybridized carbons (Fsp3) is 0.0833. The Morgan fingerprint density at radius 1 is 1.00 bits per heavy atom. The van der Waals surface area contributed by atoms with Gasteiger partial charge in [-0.2, -0.15) is 0 Å². The lowest BCUT2D eigenvalue weighted by molar-refractivity contribution is 0.102. The first-order valence-corrected chi connectivity index (χ1v) is 12.3. The van der Waals surface area contributed by atoms with Crippen LogP contribution in [0, 0.1) is 6.92 Å². The summed E-state index contributed by atoms with van der Waals surface area (Å²) < 4.78 is 32.9. The zero-order chi connectivity index (χ0) is 23.4. The topological polar surface area (TPSA) is 97.4 Å². The van der Waals surface area contributed by atoms with Gasteiger partial charge in [-0.1, -0.05) is 35.9 Å². The molecule has 0 unspecified atom stereocenters. The van der Waals surface area contributed by atoms with Crippen LogP contribution in [0.3, 0.4) is 0 Å². The number of thiazole rings is 1. The molecule has 0 saturated heterocycles. The number of methoxy groups -OCH3 is 1. The second kappa shape index (κ2) is 9.43. The molecular weight excluding hydrogens is 458 g/mol. The summed E-state index contributed by atoms with van der Waals surface area (Å²) in [7, 11) is -2.31. The van der Waals surface area contributed by atoms with Crippen LogP contribution in [0.1, 0.15) is 15.9 Å². The zero-order valence-corrected chi connectivity index (χ0v) is 19.5. The van der Waals surface area contributed by atoms with Crippen LogP contribution in [0.25, 0.3) is 11.3 Å². The van der Waals surface area contributed by atoms with Gasteiger partial charge in [0.05, 0.1) is 17.7 Å². The molecule has 0 bridgehead atoms. The van der Waals surface area contributed by atoms with E-state index in [1.165, 1.54) is 36.6 Å². The van der Waals surface area contributed by atoms with Crippen molar-refractivity contribution in [2.24, 2.45) is 0 Å². The van der Waals surface area contributed by atoms with Crippen LogP contribution in [0.5, 0.6) is 5.75 Å². The van der Waals surface area contributed by atoms with E-state index in [1.807, 2.05) is 36.6 Å².